The lowest BCUT2D eigenvalue weighted by atomic mass is 10.3. The predicted molar refractivity (Wildman–Crippen MR) is 68.2 cm³/mol. The molecule has 0 radical (unpaired) electrons. The minimum atomic E-state index is 0.0873. The highest BCUT2D eigenvalue weighted by atomic mass is 16.2. The molecule has 2 N–H and O–H groups in total. The lowest BCUT2D eigenvalue weighted by molar-refractivity contribution is -0.119. The molecule has 1 fully saturated rings. The molecule has 2 rings (SSSR count). The minimum Gasteiger partial charge on any atom is -0.370 e. The zero-order valence-corrected chi connectivity index (χ0v) is 10.1. The maximum atomic E-state index is 11.5. The van der Waals surface area contributed by atoms with Crippen LogP contribution in [0.2, 0.25) is 0 Å². The van der Waals surface area contributed by atoms with Crippen molar-refractivity contribution in [3.63, 3.8) is 0 Å². The molecular formula is C12H18N4O. The van der Waals surface area contributed by atoms with Gasteiger partial charge in [0, 0.05) is 37.6 Å². The van der Waals surface area contributed by atoms with Gasteiger partial charge in [-0.15, -0.1) is 0 Å². The van der Waals surface area contributed by atoms with E-state index in [9.17, 15) is 4.79 Å². The molecule has 17 heavy (non-hydrogen) atoms. The summed E-state index contributed by atoms with van der Waals surface area (Å²) in [7, 11) is 0. The summed E-state index contributed by atoms with van der Waals surface area (Å²) in [5.74, 6) is 0.943. The second-order valence-electron chi connectivity index (χ2n) is 4.05. The zero-order valence-electron chi connectivity index (χ0n) is 10.1. The lowest BCUT2D eigenvalue weighted by Crippen LogP contribution is -2.33. The standard InChI is InChI=1S/C12H18N4O/c1-2-13-11-8-10(4-6-14-11)16-7-3-5-15-12(17)9-16/h4,6,8H,2-3,5,7,9H2,1H3,(H,13,14)(H,15,17). The Morgan fingerprint density at radius 1 is 1.59 bits per heavy atom. The van der Waals surface area contributed by atoms with Crippen LogP contribution in [0.5, 0.6) is 0 Å². The highest BCUT2D eigenvalue weighted by molar-refractivity contribution is 5.81. The van der Waals surface area contributed by atoms with Crippen LogP contribution in [0.1, 0.15) is 13.3 Å². The number of pyridine rings is 1. The van der Waals surface area contributed by atoms with E-state index in [0.29, 0.717) is 6.54 Å². The largest absolute Gasteiger partial charge is 0.370 e. The third-order valence-corrected chi connectivity index (χ3v) is 2.73. The molecule has 0 aliphatic carbocycles. The van der Waals surface area contributed by atoms with Gasteiger partial charge in [-0.3, -0.25) is 4.79 Å². The van der Waals surface area contributed by atoms with Gasteiger partial charge in [-0.05, 0) is 19.4 Å². The van der Waals surface area contributed by atoms with E-state index in [2.05, 4.69) is 20.5 Å². The van der Waals surface area contributed by atoms with Gasteiger partial charge in [0.1, 0.15) is 5.82 Å². The molecule has 1 aromatic rings. The van der Waals surface area contributed by atoms with Crippen LogP contribution in [0.15, 0.2) is 18.3 Å². The van der Waals surface area contributed by atoms with E-state index in [-0.39, 0.29) is 5.91 Å². The summed E-state index contributed by atoms with van der Waals surface area (Å²) in [5, 5.41) is 6.05. The van der Waals surface area contributed by atoms with E-state index in [0.717, 1.165) is 37.6 Å². The van der Waals surface area contributed by atoms with Gasteiger partial charge in [0.15, 0.2) is 0 Å². The molecule has 1 aliphatic rings. The van der Waals surface area contributed by atoms with Gasteiger partial charge in [-0.25, -0.2) is 4.98 Å². The third-order valence-electron chi connectivity index (χ3n) is 2.73. The van der Waals surface area contributed by atoms with Gasteiger partial charge in [0.2, 0.25) is 5.91 Å². The number of nitrogens with zero attached hydrogens (tertiary/aromatic N) is 2. The Labute approximate surface area is 101 Å². The van der Waals surface area contributed by atoms with E-state index in [1.807, 2.05) is 19.1 Å². The van der Waals surface area contributed by atoms with Crippen LogP contribution in [-0.4, -0.2) is 37.1 Å². The number of carbonyl (C=O) groups is 1. The van der Waals surface area contributed by atoms with Crippen LogP contribution < -0.4 is 15.5 Å². The lowest BCUT2D eigenvalue weighted by Gasteiger charge is -2.21. The monoisotopic (exact) mass is 234 g/mol. The van der Waals surface area contributed by atoms with Crippen molar-refractivity contribution in [2.75, 3.05) is 36.4 Å². The van der Waals surface area contributed by atoms with Crippen molar-refractivity contribution in [1.82, 2.24) is 10.3 Å². The van der Waals surface area contributed by atoms with Crippen molar-refractivity contribution in [3.8, 4) is 0 Å². The maximum Gasteiger partial charge on any atom is 0.239 e. The number of carbonyl (C=O) groups excluding carboxylic acids is 1. The number of rotatable bonds is 3. The molecule has 0 unspecified atom stereocenters. The second-order valence-corrected chi connectivity index (χ2v) is 4.05. The fourth-order valence-electron chi connectivity index (χ4n) is 1.92. The molecule has 0 spiro atoms. The fourth-order valence-corrected chi connectivity index (χ4v) is 1.92. The Kier molecular flexibility index (Phi) is 3.80. The third kappa shape index (κ3) is 3.09. The van der Waals surface area contributed by atoms with Gasteiger partial charge in [0.05, 0.1) is 6.54 Å². The normalized spacial score (nSPS) is 16.3. The number of amides is 1. The molecule has 1 saturated heterocycles. The molecule has 0 aromatic carbocycles. The van der Waals surface area contributed by atoms with E-state index >= 15 is 0 Å². The first-order valence-electron chi connectivity index (χ1n) is 6.01. The molecule has 5 nitrogen and oxygen atoms in total. The van der Waals surface area contributed by atoms with Crippen LogP contribution in [0, 0.1) is 0 Å². The molecule has 0 atom stereocenters. The number of hydrogen-bond acceptors (Lipinski definition) is 4. The Morgan fingerprint density at radius 3 is 3.29 bits per heavy atom. The Morgan fingerprint density at radius 2 is 2.47 bits per heavy atom. The smallest absolute Gasteiger partial charge is 0.239 e. The Balaban J connectivity index is 2.14. The van der Waals surface area contributed by atoms with Crippen molar-refractivity contribution in [2.24, 2.45) is 0 Å². The van der Waals surface area contributed by atoms with Crippen molar-refractivity contribution >= 4 is 17.4 Å². The van der Waals surface area contributed by atoms with Crippen LogP contribution in [0.3, 0.4) is 0 Å². The molecule has 1 aliphatic heterocycles. The molecule has 1 amide bonds. The SMILES string of the molecule is CCNc1cc(N2CCCNC(=O)C2)ccn1. The summed E-state index contributed by atoms with van der Waals surface area (Å²) in [6.45, 7) is 4.97. The van der Waals surface area contributed by atoms with Crippen molar-refractivity contribution < 1.29 is 4.79 Å². The zero-order chi connectivity index (χ0) is 12.1. The average Bonchev–Trinajstić information content (AvgIpc) is 2.55. The Hall–Kier alpha value is -1.78. The minimum absolute atomic E-state index is 0.0873. The molecule has 0 bridgehead atoms. The maximum absolute atomic E-state index is 11.5. The molecule has 1 aromatic heterocycles. The van der Waals surface area contributed by atoms with Crippen LogP contribution in [0.25, 0.3) is 0 Å². The number of aromatic nitrogens is 1. The first-order valence-corrected chi connectivity index (χ1v) is 6.01. The first-order chi connectivity index (χ1) is 8.29. The van der Waals surface area contributed by atoms with E-state index in [1.165, 1.54) is 0 Å². The van der Waals surface area contributed by atoms with Crippen LogP contribution in [-0.2, 0) is 4.79 Å². The number of anilines is 2. The number of hydrogen-bond donors (Lipinski definition) is 2. The molecule has 92 valence electrons. The topological polar surface area (TPSA) is 57.3 Å². The van der Waals surface area contributed by atoms with Crippen molar-refractivity contribution in [3.05, 3.63) is 18.3 Å². The first kappa shape index (κ1) is 11.7. The van der Waals surface area contributed by atoms with Crippen molar-refractivity contribution in [1.29, 1.82) is 0 Å². The summed E-state index contributed by atoms with van der Waals surface area (Å²) >= 11 is 0. The molecular weight excluding hydrogens is 216 g/mol. The molecule has 2 heterocycles. The Bertz CT molecular complexity index is 394. The fraction of sp³-hybridized carbons (Fsp3) is 0.500. The summed E-state index contributed by atoms with van der Waals surface area (Å²) in [4.78, 5) is 17.8. The average molecular weight is 234 g/mol. The van der Waals surface area contributed by atoms with E-state index < -0.39 is 0 Å². The van der Waals surface area contributed by atoms with Crippen LogP contribution >= 0.6 is 0 Å². The van der Waals surface area contributed by atoms with Gasteiger partial charge >= 0.3 is 0 Å². The van der Waals surface area contributed by atoms with Gasteiger partial charge in [-0.1, -0.05) is 0 Å². The molecule has 5 heteroatoms. The predicted octanol–water partition coefficient (Wildman–Crippen LogP) is 0.840. The summed E-state index contributed by atoms with van der Waals surface area (Å²) < 4.78 is 0. The van der Waals surface area contributed by atoms with Crippen LogP contribution in [0.4, 0.5) is 11.5 Å². The van der Waals surface area contributed by atoms with Crippen molar-refractivity contribution in [2.45, 2.75) is 13.3 Å². The van der Waals surface area contributed by atoms with E-state index in [4.69, 9.17) is 0 Å². The van der Waals surface area contributed by atoms with Gasteiger partial charge in [0.25, 0.3) is 0 Å². The van der Waals surface area contributed by atoms with Gasteiger partial charge < -0.3 is 15.5 Å². The summed E-state index contributed by atoms with van der Waals surface area (Å²) in [6.07, 6.45) is 2.75. The quantitative estimate of drug-likeness (QED) is 0.813. The highest BCUT2D eigenvalue weighted by Gasteiger charge is 2.15. The summed E-state index contributed by atoms with van der Waals surface area (Å²) in [5.41, 5.74) is 1.05. The molecule has 0 saturated carbocycles. The second kappa shape index (κ2) is 5.52. The van der Waals surface area contributed by atoms with E-state index in [1.54, 1.807) is 6.20 Å². The highest BCUT2D eigenvalue weighted by Crippen LogP contribution is 2.18. The summed E-state index contributed by atoms with van der Waals surface area (Å²) in [6, 6.07) is 3.93. The number of nitrogens with one attached hydrogen (secondary N) is 2. The van der Waals surface area contributed by atoms with Gasteiger partial charge in [-0.2, -0.15) is 0 Å².